The number of fused-ring (bicyclic) bond motifs is 3. The van der Waals surface area contributed by atoms with Gasteiger partial charge in [0.15, 0.2) is 11.5 Å². The zero-order valence-electron chi connectivity index (χ0n) is 20.4. The molecule has 3 unspecified atom stereocenters. The number of benzene rings is 1. The van der Waals surface area contributed by atoms with Crippen molar-refractivity contribution in [3.05, 3.63) is 62.3 Å². The van der Waals surface area contributed by atoms with Crippen LogP contribution in [0.2, 0.25) is 5.02 Å². The number of Topliss-reactive ketones (excluding diaryl/α,β-unsaturated/α-hetero) is 1. The molecule has 2 fully saturated rings. The Hall–Kier alpha value is -2.71. The molecule has 2 aromatic rings. The van der Waals surface area contributed by atoms with Gasteiger partial charge in [0.05, 0.1) is 5.02 Å². The lowest BCUT2D eigenvalue weighted by atomic mass is 9.93. The van der Waals surface area contributed by atoms with Crippen LogP contribution in [0.1, 0.15) is 59.5 Å². The summed E-state index contributed by atoms with van der Waals surface area (Å²) in [6.07, 6.45) is 4.16. The number of ether oxygens (including phenoxy) is 1. The molecule has 1 aromatic heterocycles. The van der Waals surface area contributed by atoms with E-state index in [4.69, 9.17) is 16.3 Å². The minimum Gasteiger partial charge on any atom is -0.503 e. The topological polar surface area (TPSA) is 97.6 Å². The minimum atomic E-state index is -0.902. The fraction of sp³-hybridized carbons (Fsp3) is 0.519. The van der Waals surface area contributed by atoms with E-state index in [1.807, 2.05) is 6.92 Å². The van der Waals surface area contributed by atoms with Crippen molar-refractivity contribution in [2.75, 3.05) is 13.2 Å². The van der Waals surface area contributed by atoms with Gasteiger partial charge in [-0.1, -0.05) is 37.1 Å². The smallest absolute Gasteiger partial charge is 0.257 e. The first-order valence-electron chi connectivity index (χ1n) is 12.5. The van der Waals surface area contributed by atoms with E-state index in [0.717, 1.165) is 19.3 Å². The molecule has 0 radical (unpaired) electrons. The largest absolute Gasteiger partial charge is 0.503 e. The molecule has 7 nitrogen and oxygen atoms in total. The molecule has 9 heteroatoms. The number of nitrogens with zero attached hydrogens (tertiary/aromatic N) is 1. The van der Waals surface area contributed by atoms with Crippen LogP contribution in [0.15, 0.2) is 29.2 Å². The molecular weight excluding hydrogens is 487 g/mol. The summed E-state index contributed by atoms with van der Waals surface area (Å²) in [5.41, 5.74) is -1.18. The number of amides is 1. The monoisotopic (exact) mass is 516 g/mol. The first-order chi connectivity index (χ1) is 17.2. The number of carbonyl (C=O) groups excluding carboxylic acids is 2. The van der Waals surface area contributed by atoms with Crippen molar-refractivity contribution in [3.8, 4) is 5.75 Å². The molecule has 1 aromatic carbocycles. The number of carbonyl (C=O) groups is 2. The first-order valence-corrected chi connectivity index (χ1v) is 12.9. The number of aromatic hydroxyl groups is 1. The zero-order chi connectivity index (χ0) is 25.8. The molecule has 36 heavy (non-hydrogen) atoms. The van der Waals surface area contributed by atoms with Gasteiger partial charge in [0.25, 0.3) is 5.91 Å². The number of pyridine rings is 1. The van der Waals surface area contributed by atoms with Crippen LogP contribution in [0.4, 0.5) is 4.39 Å². The third-order valence-corrected chi connectivity index (χ3v) is 8.52. The summed E-state index contributed by atoms with van der Waals surface area (Å²) in [7, 11) is 0. The predicted octanol–water partition coefficient (Wildman–Crippen LogP) is 4.18. The number of hydrogen-bond acceptors (Lipinski definition) is 5. The van der Waals surface area contributed by atoms with Crippen LogP contribution in [0.5, 0.6) is 5.75 Å². The van der Waals surface area contributed by atoms with Crippen molar-refractivity contribution in [1.29, 1.82) is 0 Å². The predicted molar refractivity (Wildman–Crippen MR) is 132 cm³/mol. The fourth-order valence-corrected chi connectivity index (χ4v) is 6.62. The highest BCUT2D eigenvalue weighted by Crippen LogP contribution is 2.73. The lowest BCUT2D eigenvalue weighted by Gasteiger charge is -2.21. The molecule has 5 atom stereocenters. The molecule has 3 aliphatic rings. The number of ketones is 1. The minimum absolute atomic E-state index is 0.00928. The maximum absolute atomic E-state index is 14.2. The molecule has 2 heterocycles. The van der Waals surface area contributed by atoms with Gasteiger partial charge in [-0.15, -0.1) is 0 Å². The highest BCUT2D eigenvalue weighted by Gasteiger charge is 2.73. The lowest BCUT2D eigenvalue weighted by Crippen LogP contribution is -2.32. The van der Waals surface area contributed by atoms with Crippen molar-refractivity contribution in [2.24, 2.45) is 29.1 Å². The van der Waals surface area contributed by atoms with Crippen LogP contribution in [0.3, 0.4) is 0 Å². The second-order valence-corrected chi connectivity index (χ2v) is 10.7. The van der Waals surface area contributed by atoms with Gasteiger partial charge in [0, 0.05) is 44.0 Å². The van der Waals surface area contributed by atoms with Gasteiger partial charge in [0.2, 0.25) is 5.43 Å². The zero-order valence-corrected chi connectivity index (χ0v) is 21.1. The highest BCUT2D eigenvalue weighted by atomic mass is 35.5. The highest BCUT2D eigenvalue weighted by molar-refractivity contribution is 6.30. The molecule has 1 spiro atoms. The van der Waals surface area contributed by atoms with E-state index in [9.17, 15) is 23.9 Å². The van der Waals surface area contributed by atoms with Crippen molar-refractivity contribution < 1.29 is 23.8 Å². The number of rotatable bonds is 8. The number of halogens is 2. The number of aromatic nitrogens is 1. The van der Waals surface area contributed by atoms with Crippen LogP contribution in [0, 0.1) is 34.9 Å². The molecule has 2 N–H and O–H groups in total. The Kier molecular flexibility index (Phi) is 6.45. The Morgan fingerprint density at radius 2 is 2.11 bits per heavy atom. The summed E-state index contributed by atoms with van der Waals surface area (Å²) < 4.78 is 21.5. The van der Waals surface area contributed by atoms with Crippen molar-refractivity contribution >= 4 is 23.3 Å². The maximum atomic E-state index is 14.2. The van der Waals surface area contributed by atoms with Crippen LogP contribution in [-0.2, 0) is 17.8 Å². The Balaban J connectivity index is 1.47. The van der Waals surface area contributed by atoms with E-state index >= 15 is 0 Å². The van der Waals surface area contributed by atoms with E-state index in [0.29, 0.717) is 19.8 Å². The van der Waals surface area contributed by atoms with Crippen molar-refractivity contribution in [2.45, 2.75) is 46.2 Å². The summed E-state index contributed by atoms with van der Waals surface area (Å²) >= 11 is 5.81. The Bertz CT molecular complexity index is 1290. The molecule has 192 valence electrons. The van der Waals surface area contributed by atoms with Crippen LogP contribution in [0.25, 0.3) is 0 Å². The SMILES string of the molecule is CCCC1C2C(=O)c3c(O)c(=O)c(C(=O)NCc4cccc(Cl)c4F)cn3C[C@@]3(C[C@@H]3COCC)C12. The molecule has 2 saturated carbocycles. The van der Waals surface area contributed by atoms with Crippen LogP contribution in [-0.4, -0.2) is 34.6 Å². The van der Waals surface area contributed by atoms with E-state index in [-0.39, 0.29) is 63.3 Å². The molecule has 0 bridgehead atoms. The molecule has 5 rings (SSSR count). The number of nitrogens with one attached hydrogen (secondary N) is 1. The molecule has 1 aliphatic heterocycles. The van der Waals surface area contributed by atoms with Crippen LogP contribution >= 0.6 is 11.6 Å². The fourth-order valence-electron chi connectivity index (χ4n) is 6.43. The Morgan fingerprint density at radius 3 is 2.83 bits per heavy atom. The average molecular weight is 517 g/mol. The first kappa shape index (κ1) is 25.0. The van der Waals surface area contributed by atoms with Gasteiger partial charge >= 0.3 is 0 Å². The normalized spacial score (nSPS) is 27.8. The van der Waals surface area contributed by atoms with Gasteiger partial charge in [-0.3, -0.25) is 14.4 Å². The van der Waals surface area contributed by atoms with Crippen molar-refractivity contribution in [1.82, 2.24) is 9.88 Å². The lowest BCUT2D eigenvalue weighted by molar-refractivity contribution is 0.0931. The third-order valence-electron chi connectivity index (χ3n) is 8.23. The quantitative estimate of drug-likeness (QED) is 0.548. The summed E-state index contributed by atoms with van der Waals surface area (Å²) in [6.45, 7) is 5.51. The van der Waals surface area contributed by atoms with Gasteiger partial charge in [-0.2, -0.15) is 0 Å². The molecule has 0 saturated heterocycles. The summed E-state index contributed by atoms with van der Waals surface area (Å²) in [5.74, 6) is -1.83. The van der Waals surface area contributed by atoms with E-state index in [1.165, 1.54) is 18.3 Å². The van der Waals surface area contributed by atoms with E-state index < -0.39 is 22.9 Å². The van der Waals surface area contributed by atoms with Crippen molar-refractivity contribution in [3.63, 3.8) is 0 Å². The van der Waals surface area contributed by atoms with Crippen LogP contribution < -0.4 is 10.7 Å². The Labute approximate surface area is 213 Å². The summed E-state index contributed by atoms with van der Waals surface area (Å²) in [6, 6.07) is 4.45. The maximum Gasteiger partial charge on any atom is 0.257 e. The number of hydrogen-bond donors (Lipinski definition) is 2. The van der Waals surface area contributed by atoms with Gasteiger partial charge in [-0.25, -0.2) is 4.39 Å². The van der Waals surface area contributed by atoms with Gasteiger partial charge in [-0.05, 0) is 49.0 Å². The van der Waals surface area contributed by atoms with E-state index in [2.05, 4.69) is 12.2 Å². The van der Waals surface area contributed by atoms with Gasteiger partial charge in [0.1, 0.15) is 17.1 Å². The molecule has 2 aliphatic carbocycles. The second-order valence-electron chi connectivity index (χ2n) is 10.3. The standard InChI is InChI=1S/C27H30ClFN2O5/c1-3-6-16-19-20(16)27(9-15(27)12-36-4-2)13-31-11-17(23(32)25(34)22(31)24(19)33)26(35)30-10-14-7-5-8-18(28)21(14)29/h5,7-8,11,15-16,19-20,34H,3-4,6,9-10,12-13H2,1-2H3,(H,30,35)/t15-,16?,19?,20?,27-/m1/s1. The third kappa shape index (κ3) is 3.95. The Morgan fingerprint density at radius 1 is 1.33 bits per heavy atom. The summed E-state index contributed by atoms with van der Waals surface area (Å²) in [5, 5.41) is 13.3. The van der Waals surface area contributed by atoms with Gasteiger partial charge < -0.3 is 19.7 Å². The van der Waals surface area contributed by atoms with E-state index in [1.54, 1.807) is 10.6 Å². The summed E-state index contributed by atoms with van der Waals surface area (Å²) in [4.78, 5) is 39.5. The second kappa shape index (κ2) is 9.30. The molecule has 1 amide bonds. The molecular formula is C27H30ClFN2O5. The average Bonchev–Trinajstić information content (AvgIpc) is 3.75.